The molecule has 0 saturated carbocycles. The first kappa shape index (κ1) is 8.47. The molecule has 0 amide bonds. The molecule has 1 aliphatic heterocycles. The van der Waals surface area contributed by atoms with Crippen LogP contribution < -0.4 is 0 Å². The molecule has 0 aromatic rings. The van der Waals surface area contributed by atoms with E-state index in [2.05, 4.69) is 13.8 Å². The molecule has 4 atom stereocenters. The Morgan fingerprint density at radius 1 is 1.40 bits per heavy atom. The van der Waals surface area contributed by atoms with Crippen LogP contribution in [0.1, 0.15) is 13.8 Å². The van der Waals surface area contributed by atoms with Gasteiger partial charge in [0.05, 0.1) is 14.0 Å². The molecule has 4 unspecified atom stereocenters. The van der Waals surface area contributed by atoms with E-state index in [1.807, 2.05) is 11.8 Å². The Morgan fingerprint density at radius 2 is 2.00 bits per heavy atom. The molecule has 3 heteroatoms. The number of ether oxygens (including phenoxy) is 1. The van der Waals surface area contributed by atoms with Gasteiger partial charge in [-0.15, -0.1) is 0 Å². The van der Waals surface area contributed by atoms with Crippen LogP contribution in [-0.2, 0) is 4.74 Å². The summed E-state index contributed by atoms with van der Waals surface area (Å²) in [6.45, 7) is 4.40. The molecule has 0 aliphatic carbocycles. The topological polar surface area (TPSA) is 9.23 Å². The van der Waals surface area contributed by atoms with Crippen LogP contribution in [0.2, 0.25) is 0 Å². The van der Waals surface area contributed by atoms with Crippen molar-refractivity contribution < 1.29 is 4.74 Å². The molecular weight excluding hydrogens is 143 g/mol. The number of methoxy groups -OCH3 is 1. The lowest BCUT2D eigenvalue weighted by molar-refractivity contribution is 0.0788. The van der Waals surface area contributed by atoms with Crippen LogP contribution >= 0.6 is 11.8 Å². The summed E-state index contributed by atoms with van der Waals surface area (Å²) in [4.78, 5) is 0. The van der Waals surface area contributed by atoms with Crippen molar-refractivity contribution in [3.63, 3.8) is 0 Å². The van der Waals surface area contributed by atoms with Crippen LogP contribution in [0.4, 0.5) is 0 Å². The van der Waals surface area contributed by atoms with Gasteiger partial charge in [-0.05, 0) is 11.1 Å². The maximum atomic E-state index is 5.81. The summed E-state index contributed by atoms with van der Waals surface area (Å²) in [5.74, 6) is 0.588. The second kappa shape index (κ2) is 3.18. The Morgan fingerprint density at radius 3 is 2.20 bits per heavy atom. The first-order chi connectivity index (χ1) is 4.66. The average molecular weight is 156 g/mol. The molecule has 0 bridgehead atoms. The van der Waals surface area contributed by atoms with Crippen molar-refractivity contribution in [2.24, 2.45) is 5.92 Å². The van der Waals surface area contributed by atoms with E-state index in [-0.39, 0.29) is 11.3 Å². The van der Waals surface area contributed by atoms with E-state index in [4.69, 9.17) is 12.6 Å². The fourth-order valence-electron chi connectivity index (χ4n) is 1.36. The molecule has 1 saturated heterocycles. The summed E-state index contributed by atoms with van der Waals surface area (Å²) in [6, 6.07) is 0. The summed E-state index contributed by atoms with van der Waals surface area (Å²) in [5.41, 5.74) is 0. The molecule has 1 aliphatic rings. The van der Waals surface area contributed by atoms with Crippen molar-refractivity contribution >= 4 is 19.6 Å². The van der Waals surface area contributed by atoms with E-state index in [1.54, 1.807) is 7.11 Å². The van der Waals surface area contributed by atoms with Gasteiger partial charge in [-0.3, -0.25) is 0 Å². The summed E-state index contributed by atoms with van der Waals surface area (Å²) >= 11 is 1.81. The van der Waals surface area contributed by atoms with Crippen LogP contribution in [-0.4, -0.2) is 31.5 Å². The fraction of sp³-hybridized carbons (Fsp3) is 1.00. The Labute approximate surface area is 68.3 Å². The molecule has 0 aromatic heterocycles. The maximum absolute atomic E-state index is 5.81. The SMILES string of the molecule is [B]C1SC(C)C(C)C1OC. The molecule has 1 heterocycles. The zero-order chi connectivity index (χ0) is 7.72. The van der Waals surface area contributed by atoms with Crippen molar-refractivity contribution in [3.05, 3.63) is 0 Å². The van der Waals surface area contributed by atoms with Crippen LogP contribution in [0, 0.1) is 5.92 Å². The highest BCUT2D eigenvalue weighted by atomic mass is 32.2. The lowest BCUT2D eigenvalue weighted by Crippen LogP contribution is -2.27. The third-order valence-electron chi connectivity index (χ3n) is 2.23. The highest BCUT2D eigenvalue weighted by Gasteiger charge is 2.35. The zero-order valence-electron chi connectivity index (χ0n) is 6.70. The van der Waals surface area contributed by atoms with E-state index in [1.165, 1.54) is 0 Å². The van der Waals surface area contributed by atoms with Crippen molar-refractivity contribution in [2.45, 2.75) is 30.4 Å². The fourth-order valence-corrected chi connectivity index (χ4v) is 2.78. The lowest BCUT2D eigenvalue weighted by atomic mass is 9.89. The number of thioether (sulfide) groups is 1. The van der Waals surface area contributed by atoms with Crippen molar-refractivity contribution in [1.29, 1.82) is 0 Å². The second-order valence-electron chi connectivity index (χ2n) is 2.87. The van der Waals surface area contributed by atoms with Crippen LogP contribution in [0.15, 0.2) is 0 Å². The van der Waals surface area contributed by atoms with Gasteiger partial charge in [-0.1, -0.05) is 13.8 Å². The summed E-state index contributed by atoms with van der Waals surface area (Å²) in [7, 11) is 7.54. The minimum Gasteiger partial charge on any atom is -0.381 e. The van der Waals surface area contributed by atoms with Gasteiger partial charge in [0.2, 0.25) is 0 Å². The van der Waals surface area contributed by atoms with Gasteiger partial charge in [0.25, 0.3) is 0 Å². The molecule has 56 valence electrons. The smallest absolute Gasteiger partial charge is 0.0882 e. The predicted molar refractivity (Wildman–Crippen MR) is 46.6 cm³/mol. The van der Waals surface area contributed by atoms with Crippen molar-refractivity contribution in [3.8, 4) is 0 Å². The Kier molecular flexibility index (Phi) is 2.70. The van der Waals surface area contributed by atoms with Gasteiger partial charge < -0.3 is 4.74 Å². The van der Waals surface area contributed by atoms with E-state index < -0.39 is 0 Å². The summed E-state index contributed by atoms with van der Waals surface area (Å²) in [5, 5.41) is 0.815. The van der Waals surface area contributed by atoms with Gasteiger partial charge in [-0.25, -0.2) is 0 Å². The molecule has 1 rings (SSSR count). The standard InChI is InChI=1S/C7H13BOS/c1-4-5(2)10-7(8)6(4)9-3/h4-7H,1-3H3. The zero-order valence-corrected chi connectivity index (χ0v) is 7.52. The summed E-state index contributed by atoms with van der Waals surface area (Å²) < 4.78 is 5.26. The van der Waals surface area contributed by atoms with Gasteiger partial charge in [0.1, 0.15) is 0 Å². The van der Waals surface area contributed by atoms with Crippen LogP contribution in [0.3, 0.4) is 0 Å². The monoisotopic (exact) mass is 156 g/mol. The lowest BCUT2D eigenvalue weighted by Gasteiger charge is -2.17. The molecule has 0 spiro atoms. The Bertz CT molecular complexity index is 120. The largest absolute Gasteiger partial charge is 0.381 e. The van der Waals surface area contributed by atoms with Crippen LogP contribution in [0.25, 0.3) is 0 Å². The van der Waals surface area contributed by atoms with Gasteiger partial charge in [-0.2, -0.15) is 11.8 Å². The van der Waals surface area contributed by atoms with Gasteiger partial charge >= 0.3 is 0 Å². The molecular formula is C7H13BOS. The Hall–Kier alpha value is 0.375. The third kappa shape index (κ3) is 1.35. The number of rotatable bonds is 1. The van der Waals surface area contributed by atoms with Crippen molar-refractivity contribution in [2.75, 3.05) is 7.11 Å². The molecule has 0 N–H and O–H groups in total. The minimum absolute atomic E-state index is 0.176. The first-order valence-corrected chi connectivity index (χ1v) is 4.55. The molecule has 10 heavy (non-hydrogen) atoms. The van der Waals surface area contributed by atoms with Crippen LogP contribution in [0.5, 0.6) is 0 Å². The quantitative estimate of drug-likeness (QED) is 0.528. The molecule has 0 aromatic carbocycles. The summed E-state index contributed by atoms with van der Waals surface area (Å²) in [6.07, 6.45) is 0.250. The second-order valence-corrected chi connectivity index (χ2v) is 4.43. The normalized spacial score (nSPS) is 47.9. The van der Waals surface area contributed by atoms with E-state index >= 15 is 0 Å². The highest BCUT2D eigenvalue weighted by molar-refractivity contribution is 8.01. The molecule has 1 nitrogen and oxygen atoms in total. The number of hydrogen-bond acceptors (Lipinski definition) is 2. The van der Waals surface area contributed by atoms with Gasteiger partial charge in [0.15, 0.2) is 0 Å². The molecule has 2 radical (unpaired) electrons. The maximum Gasteiger partial charge on any atom is 0.0882 e. The Balaban J connectivity index is 2.55. The minimum atomic E-state index is 0.176. The van der Waals surface area contributed by atoms with Crippen molar-refractivity contribution in [1.82, 2.24) is 0 Å². The predicted octanol–water partition coefficient (Wildman–Crippen LogP) is 1.27. The van der Waals surface area contributed by atoms with E-state index in [0.717, 1.165) is 0 Å². The number of hydrogen-bond donors (Lipinski definition) is 0. The first-order valence-electron chi connectivity index (χ1n) is 3.60. The van der Waals surface area contributed by atoms with E-state index in [9.17, 15) is 0 Å². The van der Waals surface area contributed by atoms with E-state index in [0.29, 0.717) is 11.2 Å². The third-order valence-corrected chi connectivity index (χ3v) is 3.67. The average Bonchev–Trinajstić information content (AvgIpc) is 2.09. The van der Waals surface area contributed by atoms with Gasteiger partial charge in [0, 0.05) is 12.4 Å². The molecule has 1 fully saturated rings. The highest BCUT2D eigenvalue weighted by Crippen LogP contribution is 2.37.